The maximum Gasteiger partial charge on any atom is 0.242 e. The average molecular weight is 525 g/mol. The van der Waals surface area contributed by atoms with E-state index in [-0.39, 0.29) is 17.7 Å². The van der Waals surface area contributed by atoms with Crippen molar-refractivity contribution in [1.29, 1.82) is 0 Å². The molecule has 0 spiro atoms. The maximum absolute atomic E-state index is 12.6. The average Bonchev–Trinajstić information content (AvgIpc) is 3.30. The minimum Gasteiger partial charge on any atom is -0.378 e. The van der Waals surface area contributed by atoms with Gasteiger partial charge in [-0.25, -0.2) is 9.97 Å². The van der Waals surface area contributed by atoms with Crippen LogP contribution in [0.15, 0.2) is 24.4 Å². The number of anilines is 2. The number of nitrogens with zero attached hydrogens (tertiary/aromatic N) is 4. The van der Waals surface area contributed by atoms with Crippen LogP contribution in [0, 0.1) is 12.8 Å². The maximum atomic E-state index is 12.6. The number of unbranched alkanes of at least 4 members (excludes halogenated alkanes) is 1. The molecule has 0 aliphatic carbocycles. The summed E-state index contributed by atoms with van der Waals surface area (Å²) in [4.78, 5) is 36.4. The monoisotopic (exact) mass is 524 g/mol. The van der Waals surface area contributed by atoms with Gasteiger partial charge < -0.3 is 31.3 Å². The highest BCUT2D eigenvalue weighted by atomic mass is 16.5. The molecule has 2 amide bonds. The Bertz CT molecular complexity index is 1270. The number of carbonyl (C=O) groups is 2. The molecule has 5 N–H and O–H groups in total. The predicted molar refractivity (Wildman–Crippen MR) is 149 cm³/mol. The highest BCUT2D eigenvalue weighted by Gasteiger charge is 2.25. The van der Waals surface area contributed by atoms with Crippen LogP contribution in [0.25, 0.3) is 16.7 Å². The summed E-state index contributed by atoms with van der Waals surface area (Å²) >= 11 is 0. The van der Waals surface area contributed by atoms with E-state index in [9.17, 15) is 9.59 Å². The molecule has 11 heteroatoms. The molecule has 1 fully saturated rings. The van der Waals surface area contributed by atoms with Crippen molar-refractivity contribution in [2.45, 2.75) is 52.6 Å². The quantitative estimate of drug-likeness (QED) is 0.279. The topological polar surface area (TPSA) is 139 Å². The van der Waals surface area contributed by atoms with Crippen molar-refractivity contribution >= 4 is 40.0 Å². The second-order valence-electron chi connectivity index (χ2n) is 10.2. The highest BCUT2D eigenvalue weighted by Crippen LogP contribution is 2.27. The molecule has 11 nitrogen and oxygen atoms in total. The zero-order valence-electron chi connectivity index (χ0n) is 22.8. The number of rotatable bonds is 11. The lowest BCUT2D eigenvalue weighted by molar-refractivity contribution is -0.130. The van der Waals surface area contributed by atoms with Crippen LogP contribution in [0.2, 0.25) is 0 Å². The Balaban J connectivity index is 1.36. The SMILES string of the molecule is Cc1cnc2c(NCCCCNC(=O)[C@@H](NC(=O)C(C)N)C(C)C)nc3cc(N4CCOCC4)ccc3n12. The van der Waals surface area contributed by atoms with Gasteiger partial charge in [-0.15, -0.1) is 0 Å². The standard InChI is InChI=1S/C27H40N8O3/c1-17(2)23(33-26(36)19(4)28)27(37)30-10-6-5-9-29-24-25-31-16-18(3)35(25)22-8-7-20(15-21(22)32-24)34-11-13-38-14-12-34/h7-8,15-17,19,23H,5-6,9-14,28H2,1-4H3,(H,29,32)(H,30,37)(H,33,36)/t19?,23-/m0/s1. The first-order valence-corrected chi connectivity index (χ1v) is 13.4. The third kappa shape index (κ3) is 6.33. The lowest BCUT2D eigenvalue weighted by atomic mass is 10.0. The van der Waals surface area contributed by atoms with Gasteiger partial charge in [0, 0.05) is 43.8 Å². The summed E-state index contributed by atoms with van der Waals surface area (Å²) in [5.74, 6) is 0.183. The third-order valence-corrected chi connectivity index (χ3v) is 6.81. The number of carbonyl (C=O) groups excluding carboxylic acids is 2. The molecular weight excluding hydrogens is 484 g/mol. The molecule has 4 rings (SSSR count). The second kappa shape index (κ2) is 12.4. The Morgan fingerprint density at radius 1 is 1.11 bits per heavy atom. The van der Waals surface area contributed by atoms with E-state index in [1.54, 1.807) is 6.92 Å². The van der Waals surface area contributed by atoms with Gasteiger partial charge in [0.05, 0.1) is 30.3 Å². The number of fused-ring (bicyclic) bond motifs is 3. The number of nitrogens with two attached hydrogens (primary N) is 1. The normalized spacial score (nSPS) is 15.6. The fraction of sp³-hybridized carbons (Fsp3) is 0.556. The molecule has 1 aromatic carbocycles. The van der Waals surface area contributed by atoms with E-state index >= 15 is 0 Å². The van der Waals surface area contributed by atoms with Gasteiger partial charge in [0.15, 0.2) is 11.5 Å². The summed E-state index contributed by atoms with van der Waals surface area (Å²) in [7, 11) is 0. The highest BCUT2D eigenvalue weighted by molar-refractivity contribution is 5.89. The predicted octanol–water partition coefficient (Wildman–Crippen LogP) is 1.82. The van der Waals surface area contributed by atoms with E-state index in [0.29, 0.717) is 13.1 Å². The second-order valence-corrected chi connectivity index (χ2v) is 10.2. The molecular formula is C27H40N8O3. The van der Waals surface area contributed by atoms with E-state index in [1.165, 1.54) is 0 Å². The minimum absolute atomic E-state index is 0.0393. The van der Waals surface area contributed by atoms with Crippen LogP contribution in [0.1, 0.15) is 39.3 Å². The van der Waals surface area contributed by atoms with Gasteiger partial charge in [0.25, 0.3) is 0 Å². The Morgan fingerprint density at radius 2 is 1.84 bits per heavy atom. The van der Waals surface area contributed by atoms with E-state index in [1.807, 2.05) is 27.0 Å². The van der Waals surface area contributed by atoms with Crippen LogP contribution in [-0.4, -0.2) is 77.7 Å². The van der Waals surface area contributed by atoms with Gasteiger partial charge in [-0.1, -0.05) is 13.8 Å². The Hall–Kier alpha value is -3.44. The van der Waals surface area contributed by atoms with Crippen LogP contribution in [0.3, 0.4) is 0 Å². The van der Waals surface area contributed by atoms with Crippen molar-refractivity contribution in [2.24, 2.45) is 11.7 Å². The fourth-order valence-corrected chi connectivity index (χ4v) is 4.60. The van der Waals surface area contributed by atoms with Gasteiger partial charge in [-0.3, -0.25) is 14.0 Å². The largest absolute Gasteiger partial charge is 0.378 e. The number of nitrogens with one attached hydrogen (secondary N) is 3. The molecule has 1 unspecified atom stereocenters. The van der Waals surface area contributed by atoms with Crippen molar-refractivity contribution < 1.29 is 14.3 Å². The Kier molecular flexibility index (Phi) is 9.01. The molecule has 3 heterocycles. The van der Waals surface area contributed by atoms with Crippen molar-refractivity contribution in [3.8, 4) is 0 Å². The number of amides is 2. The third-order valence-electron chi connectivity index (χ3n) is 6.81. The lowest BCUT2D eigenvalue weighted by Gasteiger charge is -2.29. The molecule has 3 aromatic rings. The number of imidazole rings is 1. The van der Waals surface area contributed by atoms with Gasteiger partial charge in [-0.05, 0) is 50.8 Å². The Morgan fingerprint density at radius 3 is 2.55 bits per heavy atom. The van der Waals surface area contributed by atoms with E-state index < -0.39 is 12.1 Å². The lowest BCUT2D eigenvalue weighted by Crippen LogP contribution is -2.53. The molecule has 38 heavy (non-hydrogen) atoms. The number of hydrogen-bond acceptors (Lipinski definition) is 8. The number of ether oxygens (including phenoxy) is 1. The van der Waals surface area contributed by atoms with E-state index in [0.717, 1.165) is 73.0 Å². The van der Waals surface area contributed by atoms with Crippen molar-refractivity contribution in [2.75, 3.05) is 49.6 Å². The molecule has 2 aromatic heterocycles. The first-order chi connectivity index (χ1) is 18.3. The summed E-state index contributed by atoms with van der Waals surface area (Å²) in [5.41, 5.74) is 10.5. The van der Waals surface area contributed by atoms with Crippen molar-refractivity contribution in [3.05, 3.63) is 30.1 Å². The molecule has 0 saturated carbocycles. The molecule has 1 aliphatic rings. The summed E-state index contributed by atoms with van der Waals surface area (Å²) in [6.45, 7) is 11.9. The first kappa shape index (κ1) is 27.6. The molecule has 206 valence electrons. The minimum atomic E-state index is -0.657. The van der Waals surface area contributed by atoms with E-state index in [4.69, 9.17) is 15.5 Å². The van der Waals surface area contributed by atoms with Crippen LogP contribution >= 0.6 is 0 Å². The van der Waals surface area contributed by atoms with Gasteiger partial charge >= 0.3 is 0 Å². The van der Waals surface area contributed by atoms with Crippen LogP contribution in [0.4, 0.5) is 11.5 Å². The zero-order chi connectivity index (χ0) is 27.2. The summed E-state index contributed by atoms with van der Waals surface area (Å²) in [6.07, 6.45) is 3.48. The summed E-state index contributed by atoms with van der Waals surface area (Å²) < 4.78 is 7.63. The summed E-state index contributed by atoms with van der Waals surface area (Å²) in [5, 5.41) is 9.11. The zero-order valence-corrected chi connectivity index (χ0v) is 22.8. The van der Waals surface area contributed by atoms with Crippen LogP contribution in [-0.2, 0) is 14.3 Å². The van der Waals surface area contributed by atoms with Crippen molar-refractivity contribution in [3.63, 3.8) is 0 Å². The first-order valence-electron chi connectivity index (χ1n) is 13.4. The van der Waals surface area contributed by atoms with Crippen molar-refractivity contribution in [1.82, 2.24) is 25.0 Å². The molecule has 0 radical (unpaired) electrons. The van der Waals surface area contributed by atoms with Crippen LogP contribution < -0.4 is 26.6 Å². The van der Waals surface area contributed by atoms with E-state index in [2.05, 4.69) is 48.4 Å². The van der Waals surface area contributed by atoms with Gasteiger partial charge in [-0.2, -0.15) is 0 Å². The summed E-state index contributed by atoms with van der Waals surface area (Å²) in [6, 6.07) is 5.13. The number of aryl methyl sites for hydroxylation is 1. The Labute approximate surface area is 223 Å². The van der Waals surface area contributed by atoms with Crippen LogP contribution in [0.5, 0.6) is 0 Å². The molecule has 0 bridgehead atoms. The number of benzene rings is 1. The molecule has 1 aliphatic heterocycles. The molecule has 1 saturated heterocycles. The van der Waals surface area contributed by atoms with Gasteiger partial charge in [0.1, 0.15) is 6.04 Å². The number of morpholine rings is 1. The molecule has 2 atom stereocenters. The number of hydrogen-bond donors (Lipinski definition) is 4. The fourth-order valence-electron chi connectivity index (χ4n) is 4.60. The van der Waals surface area contributed by atoms with Gasteiger partial charge in [0.2, 0.25) is 11.8 Å². The smallest absolute Gasteiger partial charge is 0.242 e. The number of aromatic nitrogens is 3.